The predicted octanol–water partition coefficient (Wildman–Crippen LogP) is 2.99. The number of carbonyl (C=O) groups excluding carboxylic acids is 1. The van der Waals surface area contributed by atoms with Crippen LogP contribution in [-0.4, -0.2) is 32.2 Å². The Labute approximate surface area is 157 Å². The number of ketones is 1. The summed E-state index contributed by atoms with van der Waals surface area (Å²) in [5.41, 5.74) is 0.173. The number of carboxylic acids is 1. The van der Waals surface area contributed by atoms with E-state index in [1.165, 1.54) is 6.07 Å². The van der Waals surface area contributed by atoms with Gasteiger partial charge in [0.2, 0.25) is 0 Å². The zero-order valence-electron chi connectivity index (χ0n) is 14.1. The maximum absolute atomic E-state index is 13.5. The fraction of sp³-hybridized carbons (Fsp3) is 0.158. The second-order valence-electron chi connectivity index (χ2n) is 5.73. The second-order valence-corrected chi connectivity index (χ2v) is 6.79. The summed E-state index contributed by atoms with van der Waals surface area (Å²) >= 11 is 1.09. The van der Waals surface area contributed by atoms with Crippen LogP contribution in [0.2, 0.25) is 0 Å². The summed E-state index contributed by atoms with van der Waals surface area (Å²) in [7, 11) is 0. The lowest BCUT2D eigenvalue weighted by Gasteiger charge is -2.11. The van der Waals surface area contributed by atoms with Gasteiger partial charge in [-0.2, -0.15) is 0 Å². The topological polar surface area (TPSA) is 89.3 Å². The van der Waals surface area contributed by atoms with E-state index >= 15 is 0 Å². The van der Waals surface area contributed by atoms with Crippen molar-refractivity contribution in [2.24, 2.45) is 0 Å². The van der Waals surface area contributed by atoms with Gasteiger partial charge in [0.25, 0.3) is 5.56 Å². The largest absolute Gasteiger partial charge is 0.480 e. The first-order valence-corrected chi connectivity index (χ1v) is 9.07. The molecule has 0 saturated carbocycles. The minimum absolute atomic E-state index is 0.0675. The third-order valence-corrected chi connectivity index (χ3v) is 4.81. The molecule has 0 amide bonds. The lowest BCUT2D eigenvalue weighted by atomic mass is 10.1. The van der Waals surface area contributed by atoms with Gasteiger partial charge in [-0.15, -0.1) is 0 Å². The molecule has 1 heterocycles. The molecule has 0 fully saturated rings. The second kappa shape index (κ2) is 8.13. The van der Waals surface area contributed by atoms with E-state index in [-0.39, 0.29) is 28.3 Å². The van der Waals surface area contributed by atoms with E-state index in [0.717, 1.165) is 28.5 Å². The number of carboxylic acid groups (broad SMARTS) is 1. The van der Waals surface area contributed by atoms with Crippen molar-refractivity contribution in [1.82, 2.24) is 9.55 Å². The summed E-state index contributed by atoms with van der Waals surface area (Å²) in [6, 6.07) is 12.3. The van der Waals surface area contributed by atoms with E-state index in [1.807, 2.05) is 6.07 Å². The van der Waals surface area contributed by atoms with Crippen LogP contribution in [0.4, 0.5) is 4.39 Å². The number of nitrogens with zero attached hydrogens (tertiary/aromatic N) is 2. The van der Waals surface area contributed by atoms with Crippen LogP contribution in [0.25, 0.3) is 10.9 Å². The van der Waals surface area contributed by atoms with Crippen molar-refractivity contribution in [2.75, 3.05) is 5.75 Å². The van der Waals surface area contributed by atoms with Gasteiger partial charge in [-0.05, 0) is 12.1 Å². The molecule has 8 heteroatoms. The first-order valence-electron chi connectivity index (χ1n) is 8.08. The molecule has 0 spiro atoms. The Hall–Kier alpha value is -3.00. The van der Waals surface area contributed by atoms with E-state index in [9.17, 15) is 18.8 Å². The van der Waals surface area contributed by atoms with Crippen LogP contribution in [0.3, 0.4) is 0 Å². The lowest BCUT2D eigenvalue weighted by molar-refractivity contribution is -0.137. The number of fused-ring (bicyclic) bond motifs is 1. The fourth-order valence-electron chi connectivity index (χ4n) is 2.56. The molecule has 1 aromatic heterocycles. The number of benzene rings is 2. The number of hydrogen-bond acceptors (Lipinski definition) is 5. The molecule has 0 saturated heterocycles. The number of hydrogen-bond donors (Lipinski definition) is 1. The third kappa shape index (κ3) is 4.40. The molecule has 3 aromatic rings. The first kappa shape index (κ1) is 18.8. The van der Waals surface area contributed by atoms with Crippen molar-refractivity contribution in [1.29, 1.82) is 0 Å². The Morgan fingerprint density at radius 2 is 1.89 bits per heavy atom. The highest BCUT2D eigenvalue weighted by molar-refractivity contribution is 7.99. The fourth-order valence-corrected chi connectivity index (χ4v) is 3.50. The number of Topliss-reactive ketones (excluding diaryl/α,β-unsaturated/α-hetero) is 1. The van der Waals surface area contributed by atoms with Crippen molar-refractivity contribution >= 4 is 34.4 Å². The molecule has 0 atom stereocenters. The Morgan fingerprint density at radius 3 is 2.59 bits per heavy atom. The Morgan fingerprint density at radius 1 is 1.15 bits per heavy atom. The minimum atomic E-state index is -1.19. The Bertz CT molecular complexity index is 1070. The van der Waals surface area contributed by atoms with Gasteiger partial charge in [-0.3, -0.25) is 19.0 Å². The van der Waals surface area contributed by atoms with Gasteiger partial charge in [0.1, 0.15) is 12.4 Å². The van der Waals surface area contributed by atoms with Crippen LogP contribution < -0.4 is 5.56 Å². The number of thioether (sulfide) groups is 1. The Kier molecular flexibility index (Phi) is 5.66. The van der Waals surface area contributed by atoms with Crippen molar-refractivity contribution in [3.8, 4) is 0 Å². The predicted molar refractivity (Wildman–Crippen MR) is 99.7 cm³/mol. The van der Waals surface area contributed by atoms with Crippen LogP contribution in [0.1, 0.15) is 16.8 Å². The standard InChI is InChI=1S/C19H15FN2O4S/c20-13-6-7-14-15(10-13)21-19(22(18(14)26)11-17(24)25)27-9-8-16(23)12-4-2-1-3-5-12/h1-7,10H,8-9,11H2,(H,24,25). The third-order valence-electron chi connectivity index (χ3n) is 3.83. The minimum Gasteiger partial charge on any atom is -0.480 e. The van der Waals surface area contributed by atoms with Crippen molar-refractivity contribution in [3.05, 3.63) is 70.3 Å². The van der Waals surface area contributed by atoms with Gasteiger partial charge in [0.15, 0.2) is 10.9 Å². The molecular formula is C19H15FN2O4S. The van der Waals surface area contributed by atoms with Crippen molar-refractivity contribution < 1.29 is 19.1 Å². The van der Waals surface area contributed by atoms with E-state index in [0.29, 0.717) is 11.3 Å². The van der Waals surface area contributed by atoms with Gasteiger partial charge < -0.3 is 5.11 Å². The summed E-state index contributed by atoms with van der Waals surface area (Å²) in [6.45, 7) is -0.561. The number of carbonyl (C=O) groups is 2. The smallest absolute Gasteiger partial charge is 0.323 e. The van der Waals surface area contributed by atoms with Crippen LogP contribution in [0.15, 0.2) is 58.5 Å². The number of aromatic nitrogens is 2. The zero-order valence-corrected chi connectivity index (χ0v) is 14.9. The summed E-state index contributed by atoms with van der Waals surface area (Å²) in [5.74, 6) is -1.49. The van der Waals surface area contributed by atoms with Crippen LogP contribution in [0.5, 0.6) is 0 Å². The number of rotatable bonds is 7. The Balaban J connectivity index is 1.86. The van der Waals surface area contributed by atoms with Gasteiger partial charge in [0, 0.05) is 23.8 Å². The van der Waals surface area contributed by atoms with E-state index in [4.69, 9.17) is 5.11 Å². The van der Waals surface area contributed by atoms with Gasteiger partial charge in [-0.25, -0.2) is 9.37 Å². The summed E-state index contributed by atoms with van der Waals surface area (Å²) in [5, 5.41) is 9.36. The SMILES string of the molecule is O=C(O)Cn1c(SCCC(=O)c2ccccc2)nc2cc(F)ccc2c1=O. The summed E-state index contributed by atoms with van der Waals surface area (Å²) < 4.78 is 14.5. The molecular weight excluding hydrogens is 371 g/mol. The molecule has 6 nitrogen and oxygen atoms in total. The molecule has 0 radical (unpaired) electrons. The molecule has 0 unspecified atom stereocenters. The maximum Gasteiger partial charge on any atom is 0.323 e. The van der Waals surface area contributed by atoms with Crippen molar-refractivity contribution in [2.45, 2.75) is 18.1 Å². The highest BCUT2D eigenvalue weighted by atomic mass is 32.2. The van der Waals surface area contributed by atoms with E-state index in [2.05, 4.69) is 4.98 Å². The van der Waals surface area contributed by atoms with E-state index < -0.39 is 23.9 Å². The molecule has 2 aromatic carbocycles. The molecule has 0 aliphatic rings. The molecule has 0 aliphatic heterocycles. The summed E-state index contributed by atoms with van der Waals surface area (Å²) in [4.78, 5) is 40.1. The zero-order chi connectivity index (χ0) is 19.4. The molecule has 0 aliphatic carbocycles. The van der Waals surface area contributed by atoms with Gasteiger partial charge in [0.05, 0.1) is 10.9 Å². The average molecular weight is 386 g/mol. The van der Waals surface area contributed by atoms with Crippen LogP contribution >= 0.6 is 11.8 Å². The molecule has 138 valence electrons. The summed E-state index contributed by atoms with van der Waals surface area (Å²) in [6.07, 6.45) is 0.193. The lowest BCUT2D eigenvalue weighted by Crippen LogP contribution is -2.27. The normalized spacial score (nSPS) is 10.9. The van der Waals surface area contributed by atoms with Gasteiger partial charge in [-0.1, -0.05) is 42.1 Å². The average Bonchev–Trinajstić information content (AvgIpc) is 2.65. The highest BCUT2D eigenvalue weighted by Gasteiger charge is 2.15. The quantitative estimate of drug-likeness (QED) is 0.381. The maximum atomic E-state index is 13.5. The van der Waals surface area contributed by atoms with Crippen LogP contribution in [0, 0.1) is 5.82 Å². The van der Waals surface area contributed by atoms with Gasteiger partial charge >= 0.3 is 5.97 Å². The first-order chi connectivity index (χ1) is 13.0. The monoisotopic (exact) mass is 386 g/mol. The molecule has 27 heavy (non-hydrogen) atoms. The highest BCUT2D eigenvalue weighted by Crippen LogP contribution is 2.20. The van der Waals surface area contributed by atoms with Crippen molar-refractivity contribution in [3.63, 3.8) is 0 Å². The number of halogens is 1. The van der Waals surface area contributed by atoms with E-state index in [1.54, 1.807) is 24.3 Å². The molecule has 1 N–H and O–H groups in total. The molecule has 0 bridgehead atoms. The number of aliphatic carboxylic acids is 1. The van der Waals surface area contributed by atoms with Crippen LogP contribution in [-0.2, 0) is 11.3 Å². The molecule has 3 rings (SSSR count).